The van der Waals surface area contributed by atoms with E-state index in [0.29, 0.717) is 10.9 Å². The van der Waals surface area contributed by atoms with Crippen LogP contribution in [0, 0.1) is 0 Å². The van der Waals surface area contributed by atoms with Crippen LogP contribution < -0.4 is 10.0 Å². The predicted octanol–water partition coefficient (Wildman–Crippen LogP) is 3.77. The van der Waals surface area contributed by atoms with Crippen LogP contribution in [0.3, 0.4) is 0 Å². The van der Waals surface area contributed by atoms with Gasteiger partial charge in [0.2, 0.25) is 0 Å². The Kier molecular flexibility index (Phi) is 4.31. The van der Waals surface area contributed by atoms with Gasteiger partial charge in [-0.2, -0.15) is 0 Å². The first-order valence-electron chi connectivity index (χ1n) is 7.05. The normalized spacial score (nSPS) is 20.9. The summed E-state index contributed by atoms with van der Waals surface area (Å²) in [6.45, 7) is 3.97. The lowest BCUT2D eigenvalue weighted by molar-refractivity contribution is 0.191. The van der Waals surface area contributed by atoms with E-state index in [2.05, 4.69) is 10.0 Å². The van der Waals surface area contributed by atoms with E-state index in [0.717, 1.165) is 11.3 Å². The summed E-state index contributed by atoms with van der Waals surface area (Å²) >= 11 is 6.31. The minimum atomic E-state index is -3.56. The zero-order chi connectivity index (χ0) is 16.6. The van der Waals surface area contributed by atoms with Crippen molar-refractivity contribution in [3.8, 4) is 0 Å². The second-order valence-corrected chi connectivity index (χ2v) is 8.59. The molecular weight excluding hydrogens is 352 g/mol. The molecule has 0 amide bonds. The van der Waals surface area contributed by atoms with Gasteiger partial charge in [-0.1, -0.05) is 13.0 Å². The summed E-state index contributed by atoms with van der Waals surface area (Å²) in [4.78, 5) is 0. The molecule has 0 aliphatic carbocycles. The van der Waals surface area contributed by atoms with Crippen LogP contribution in [0.4, 0.5) is 11.4 Å². The van der Waals surface area contributed by atoms with E-state index < -0.39 is 10.0 Å². The van der Waals surface area contributed by atoms with Crippen molar-refractivity contribution in [3.63, 3.8) is 0 Å². The molecule has 0 saturated carbocycles. The van der Waals surface area contributed by atoms with Gasteiger partial charge < -0.3 is 10.1 Å². The van der Waals surface area contributed by atoms with E-state index in [1.165, 1.54) is 11.3 Å². The molecule has 0 fully saturated rings. The first-order valence-corrected chi connectivity index (χ1v) is 9.82. The molecule has 5 nitrogen and oxygen atoms in total. The molecule has 0 saturated heterocycles. The number of ether oxygens (including phenoxy) is 1. The topological polar surface area (TPSA) is 67.4 Å². The Morgan fingerprint density at radius 1 is 1.30 bits per heavy atom. The summed E-state index contributed by atoms with van der Waals surface area (Å²) < 4.78 is 33.2. The largest absolute Gasteiger partial charge is 0.467 e. The van der Waals surface area contributed by atoms with E-state index in [9.17, 15) is 8.42 Å². The Bertz CT molecular complexity index is 832. The predicted molar refractivity (Wildman–Crippen MR) is 96.8 cm³/mol. The number of hydrogen-bond acceptors (Lipinski definition) is 5. The maximum atomic E-state index is 12.3. The minimum absolute atomic E-state index is 0.0733. The quantitative estimate of drug-likeness (QED) is 0.807. The van der Waals surface area contributed by atoms with Crippen LogP contribution in [0.1, 0.15) is 25.3 Å². The molecule has 0 spiro atoms. The lowest BCUT2D eigenvalue weighted by atomic mass is 9.94. The third-order valence-corrected chi connectivity index (χ3v) is 6.77. The number of sulfonamides is 1. The average Bonchev–Trinajstić information content (AvgIpc) is 2.99. The molecule has 0 unspecified atom stereocenters. The fraction of sp³-hybridized carbons (Fsp3) is 0.267. The fourth-order valence-corrected chi connectivity index (χ4v) is 4.71. The van der Waals surface area contributed by atoms with Gasteiger partial charge in [-0.15, -0.1) is 11.3 Å². The lowest BCUT2D eigenvalue weighted by Crippen LogP contribution is -2.19. The van der Waals surface area contributed by atoms with Gasteiger partial charge in [0.15, 0.2) is 0 Å². The second kappa shape index (κ2) is 6.10. The number of hydrogen-bond donors (Lipinski definition) is 2. The smallest absolute Gasteiger partial charge is 0.271 e. The summed E-state index contributed by atoms with van der Waals surface area (Å²) in [5.74, 6) is 0.0733. The minimum Gasteiger partial charge on any atom is -0.467 e. The number of fused-ring (bicyclic) bond motifs is 1. The molecule has 122 valence electrons. The van der Waals surface area contributed by atoms with Gasteiger partial charge in [-0.25, -0.2) is 8.42 Å². The second-order valence-electron chi connectivity index (χ2n) is 5.36. The van der Waals surface area contributed by atoms with Crippen molar-refractivity contribution in [2.24, 2.45) is 0 Å². The number of thiophene rings is 1. The van der Waals surface area contributed by atoms with E-state index in [4.69, 9.17) is 17.0 Å². The van der Waals surface area contributed by atoms with Crippen LogP contribution in [0.15, 0.2) is 39.9 Å². The average molecular weight is 369 g/mol. The molecule has 3 rings (SSSR count). The molecule has 2 atom stereocenters. The SMILES string of the molecule is C[C@@H]1OC(=S)Nc2ccc(NS(=O)(=O)c3cccs3)cc2[C@@H]1C. The van der Waals surface area contributed by atoms with Crippen molar-refractivity contribution in [2.45, 2.75) is 30.1 Å². The summed E-state index contributed by atoms with van der Waals surface area (Å²) in [6.07, 6.45) is -0.0968. The van der Waals surface area contributed by atoms with Gasteiger partial charge in [0.05, 0.1) is 0 Å². The third kappa shape index (κ3) is 3.34. The summed E-state index contributed by atoms with van der Waals surface area (Å²) in [7, 11) is -3.56. The molecule has 1 aliphatic heterocycles. The lowest BCUT2D eigenvalue weighted by Gasteiger charge is -2.18. The van der Waals surface area contributed by atoms with Crippen molar-refractivity contribution in [1.82, 2.24) is 0 Å². The molecule has 1 aliphatic rings. The van der Waals surface area contributed by atoms with Crippen LogP contribution in [-0.4, -0.2) is 19.7 Å². The van der Waals surface area contributed by atoms with Gasteiger partial charge >= 0.3 is 0 Å². The van der Waals surface area contributed by atoms with Crippen LogP contribution in [0.25, 0.3) is 0 Å². The number of benzene rings is 1. The Labute approximate surface area is 144 Å². The highest BCUT2D eigenvalue weighted by molar-refractivity contribution is 7.94. The van der Waals surface area contributed by atoms with Gasteiger partial charge in [0, 0.05) is 17.3 Å². The number of anilines is 2. The molecule has 2 N–H and O–H groups in total. The van der Waals surface area contributed by atoms with Crippen LogP contribution in [0.2, 0.25) is 0 Å². The van der Waals surface area contributed by atoms with E-state index >= 15 is 0 Å². The molecule has 0 radical (unpaired) electrons. The first-order chi connectivity index (χ1) is 10.9. The van der Waals surface area contributed by atoms with Crippen LogP contribution in [-0.2, 0) is 14.8 Å². The maximum Gasteiger partial charge on any atom is 0.271 e. The Balaban J connectivity index is 1.95. The van der Waals surface area contributed by atoms with Gasteiger partial charge in [-0.05, 0) is 54.4 Å². The Morgan fingerprint density at radius 3 is 2.78 bits per heavy atom. The molecule has 1 aromatic carbocycles. The van der Waals surface area contributed by atoms with Gasteiger partial charge in [0.1, 0.15) is 10.3 Å². The molecule has 2 aromatic rings. The molecule has 0 bridgehead atoms. The number of thiocarbonyl (C=S) groups is 1. The highest BCUT2D eigenvalue weighted by Crippen LogP contribution is 2.34. The third-order valence-electron chi connectivity index (χ3n) is 3.79. The summed E-state index contributed by atoms with van der Waals surface area (Å²) in [5, 5.41) is 5.10. The molecule has 2 heterocycles. The van der Waals surface area contributed by atoms with E-state index in [1.807, 2.05) is 26.0 Å². The maximum absolute atomic E-state index is 12.3. The monoisotopic (exact) mass is 368 g/mol. The molecular formula is C15H16N2O3S3. The standard InChI is InChI=1S/C15H16N2O3S3/c1-9-10(2)20-15(21)16-13-6-5-11(8-12(9)13)17-23(18,19)14-4-3-7-22-14/h3-10,17H,1-2H3,(H,16,21)/t9-,10+/m1/s1. The number of rotatable bonds is 3. The van der Waals surface area contributed by atoms with E-state index in [-0.39, 0.29) is 16.2 Å². The van der Waals surface area contributed by atoms with Gasteiger partial charge in [0.25, 0.3) is 15.2 Å². The Morgan fingerprint density at radius 2 is 2.09 bits per heavy atom. The fourth-order valence-electron chi connectivity index (χ4n) is 2.40. The summed E-state index contributed by atoms with van der Waals surface area (Å²) in [5.41, 5.74) is 2.32. The van der Waals surface area contributed by atoms with Crippen molar-refractivity contribution < 1.29 is 13.2 Å². The Hall–Kier alpha value is -1.64. The molecule has 8 heteroatoms. The van der Waals surface area contributed by atoms with Gasteiger partial charge in [-0.3, -0.25) is 4.72 Å². The van der Waals surface area contributed by atoms with Crippen molar-refractivity contribution in [2.75, 3.05) is 10.0 Å². The number of nitrogens with one attached hydrogen (secondary N) is 2. The molecule has 1 aromatic heterocycles. The van der Waals surface area contributed by atoms with Crippen molar-refractivity contribution in [3.05, 3.63) is 41.3 Å². The highest BCUT2D eigenvalue weighted by atomic mass is 32.2. The molecule has 23 heavy (non-hydrogen) atoms. The highest BCUT2D eigenvalue weighted by Gasteiger charge is 2.25. The zero-order valence-corrected chi connectivity index (χ0v) is 15.0. The zero-order valence-electron chi connectivity index (χ0n) is 12.6. The first kappa shape index (κ1) is 16.2. The summed E-state index contributed by atoms with van der Waals surface area (Å²) in [6, 6.07) is 8.64. The van der Waals surface area contributed by atoms with Crippen LogP contribution >= 0.6 is 23.6 Å². The van der Waals surface area contributed by atoms with Crippen molar-refractivity contribution in [1.29, 1.82) is 0 Å². The van der Waals surface area contributed by atoms with E-state index in [1.54, 1.807) is 23.6 Å². The van der Waals surface area contributed by atoms with Crippen molar-refractivity contribution >= 4 is 50.1 Å². The van der Waals surface area contributed by atoms with Crippen LogP contribution in [0.5, 0.6) is 0 Å².